The van der Waals surface area contributed by atoms with Crippen molar-refractivity contribution < 1.29 is 9.59 Å². The molecule has 0 aromatic heterocycles. The lowest BCUT2D eigenvalue weighted by Gasteiger charge is -2.13. The van der Waals surface area contributed by atoms with Crippen molar-refractivity contribution in [2.75, 3.05) is 18.4 Å². The van der Waals surface area contributed by atoms with Gasteiger partial charge in [0, 0.05) is 24.7 Å². The van der Waals surface area contributed by atoms with E-state index in [1.165, 1.54) is 0 Å². The average Bonchev–Trinajstić information content (AvgIpc) is 2.92. The Labute approximate surface area is 135 Å². The monoisotopic (exact) mass is 323 g/mol. The maximum atomic E-state index is 12.3. The summed E-state index contributed by atoms with van der Waals surface area (Å²) in [6, 6.07) is 5.09. The molecule has 1 unspecified atom stereocenters. The number of hydrogen-bond donors (Lipinski definition) is 3. The quantitative estimate of drug-likeness (QED) is 0.779. The molecule has 1 atom stereocenters. The molecule has 0 bridgehead atoms. The first kappa shape index (κ1) is 16.8. The number of carbonyl (C=O) groups excluding carboxylic acids is 2. The molecule has 0 radical (unpaired) electrons. The van der Waals surface area contributed by atoms with Gasteiger partial charge in [-0.15, -0.1) is 0 Å². The van der Waals surface area contributed by atoms with Crippen LogP contribution in [0.2, 0.25) is 5.02 Å². The van der Waals surface area contributed by atoms with Crippen molar-refractivity contribution in [2.24, 2.45) is 5.92 Å². The van der Waals surface area contributed by atoms with Crippen molar-refractivity contribution in [3.8, 4) is 0 Å². The van der Waals surface area contributed by atoms with Crippen LogP contribution in [0.15, 0.2) is 18.2 Å². The zero-order valence-electron chi connectivity index (χ0n) is 12.9. The SMILES string of the molecule is CC(C)CC(=O)Nc1ccc(Cl)c(C(=O)NC2CCNC2)c1. The molecule has 5 nitrogen and oxygen atoms in total. The van der Waals surface area contributed by atoms with Gasteiger partial charge in [-0.1, -0.05) is 25.4 Å². The highest BCUT2D eigenvalue weighted by molar-refractivity contribution is 6.34. The number of anilines is 1. The van der Waals surface area contributed by atoms with Crippen molar-refractivity contribution in [1.29, 1.82) is 0 Å². The molecule has 1 aromatic carbocycles. The number of carbonyl (C=O) groups is 2. The molecule has 2 rings (SSSR count). The highest BCUT2D eigenvalue weighted by Gasteiger charge is 2.19. The van der Waals surface area contributed by atoms with Gasteiger partial charge in [-0.3, -0.25) is 9.59 Å². The summed E-state index contributed by atoms with van der Waals surface area (Å²) in [5, 5.41) is 9.32. The van der Waals surface area contributed by atoms with E-state index < -0.39 is 0 Å². The van der Waals surface area contributed by atoms with Crippen LogP contribution in [0, 0.1) is 5.92 Å². The number of rotatable bonds is 5. The molecular formula is C16H22ClN3O2. The van der Waals surface area contributed by atoms with Crippen LogP contribution < -0.4 is 16.0 Å². The van der Waals surface area contributed by atoms with Gasteiger partial charge in [-0.2, -0.15) is 0 Å². The molecule has 1 saturated heterocycles. The van der Waals surface area contributed by atoms with E-state index in [1.807, 2.05) is 13.8 Å². The second-order valence-corrected chi connectivity index (χ2v) is 6.41. The fourth-order valence-electron chi connectivity index (χ4n) is 2.40. The minimum Gasteiger partial charge on any atom is -0.348 e. The number of amides is 2. The van der Waals surface area contributed by atoms with Crippen LogP contribution in [-0.4, -0.2) is 30.9 Å². The molecule has 1 fully saturated rings. The molecule has 0 saturated carbocycles. The predicted octanol–water partition coefficient (Wildman–Crippen LogP) is 2.42. The Morgan fingerprint density at radius 1 is 1.41 bits per heavy atom. The number of nitrogens with one attached hydrogen (secondary N) is 3. The summed E-state index contributed by atoms with van der Waals surface area (Å²) in [6.07, 6.45) is 1.35. The van der Waals surface area contributed by atoms with Crippen molar-refractivity contribution >= 4 is 29.1 Å². The first-order valence-electron chi connectivity index (χ1n) is 7.56. The Kier molecular flexibility index (Phi) is 5.80. The third-order valence-electron chi connectivity index (χ3n) is 3.48. The summed E-state index contributed by atoms with van der Waals surface area (Å²) in [6.45, 7) is 5.64. The van der Waals surface area contributed by atoms with Gasteiger partial charge in [-0.25, -0.2) is 0 Å². The standard InChI is InChI=1S/C16H22ClN3O2/c1-10(2)7-15(21)19-11-3-4-14(17)13(8-11)16(22)20-12-5-6-18-9-12/h3-4,8,10,12,18H,5-7,9H2,1-2H3,(H,19,21)(H,20,22). The fourth-order valence-corrected chi connectivity index (χ4v) is 2.60. The van der Waals surface area contributed by atoms with E-state index in [1.54, 1.807) is 18.2 Å². The Morgan fingerprint density at radius 2 is 2.18 bits per heavy atom. The van der Waals surface area contributed by atoms with Gasteiger partial charge < -0.3 is 16.0 Å². The lowest BCUT2D eigenvalue weighted by molar-refractivity contribution is -0.116. The second-order valence-electron chi connectivity index (χ2n) is 6.00. The Hall–Kier alpha value is -1.59. The smallest absolute Gasteiger partial charge is 0.253 e. The van der Waals surface area contributed by atoms with Crippen LogP contribution in [0.1, 0.15) is 37.0 Å². The Balaban J connectivity index is 2.05. The van der Waals surface area contributed by atoms with E-state index in [0.717, 1.165) is 19.5 Å². The van der Waals surface area contributed by atoms with Crippen LogP contribution in [-0.2, 0) is 4.79 Å². The summed E-state index contributed by atoms with van der Waals surface area (Å²) < 4.78 is 0. The van der Waals surface area contributed by atoms with Gasteiger partial charge in [0.1, 0.15) is 0 Å². The molecule has 1 aliphatic rings. The van der Waals surface area contributed by atoms with Gasteiger partial charge in [0.25, 0.3) is 5.91 Å². The Morgan fingerprint density at radius 3 is 2.82 bits per heavy atom. The molecule has 2 amide bonds. The van der Waals surface area contributed by atoms with Gasteiger partial charge in [0.2, 0.25) is 5.91 Å². The highest BCUT2D eigenvalue weighted by Crippen LogP contribution is 2.21. The number of hydrogen-bond acceptors (Lipinski definition) is 3. The van der Waals surface area contributed by atoms with Crippen molar-refractivity contribution in [2.45, 2.75) is 32.7 Å². The average molecular weight is 324 g/mol. The molecule has 6 heteroatoms. The van der Waals surface area contributed by atoms with E-state index in [4.69, 9.17) is 11.6 Å². The predicted molar refractivity (Wildman–Crippen MR) is 88.3 cm³/mol. The molecule has 0 aliphatic carbocycles. The molecule has 3 N–H and O–H groups in total. The minimum atomic E-state index is -0.210. The Bertz CT molecular complexity index is 554. The van der Waals surface area contributed by atoms with Gasteiger partial charge in [-0.05, 0) is 37.1 Å². The van der Waals surface area contributed by atoms with Gasteiger partial charge in [0.15, 0.2) is 0 Å². The zero-order valence-corrected chi connectivity index (χ0v) is 13.7. The van der Waals surface area contributed by atoms with E-state index in [2.05, 4.69) is 16.0 Å². The van der Waals surface area contributed by atoms with E-state index in [9.17, 15) is 9.59 Å². The zero-order chi connectivity index (χ0) is 16.1. The summed E-state index contributed by atoms with van der Waals surface area (Å²) in [5.74, 6) is 0.00673. The summed E-state index contributed by atoms with van der Waals surface area (Å²) >= 11 is 6.11. The van der Waals surface area contributed by atoms with Crippen LogP contribution >= 0.6 is 11.6 Å². The maximum Gasteiger partial charge on any atom is 0.253 e. The molecule has 120 valence electrons. The molecular weight excluding hydrogens is 302 g/mol. The summed E-state index contributed by atoms with van der Waals surface area (Å²) in [4.78, 5) is 24.1. The third kappa shape index (κ3) is 4.71. The van der Waals surface area contributed by atoms with Crippen LogP contribution in [0.4, 0.5) is 5.69 Å². The lowest BCUT2D eigenvalue weighted by atomic mass is 10.1. The first-order chi connectivity index (χ1) is 10.5. The fraction of sp³-hybridized carbons (Fsp3) is 0.500. The van der Waals surface area contributed by atoms with Crippen molar-refractivity contribution in [3.63, 3.8) is 0 Å². The molecule has 1 aromatic rings. The van der Waals surface area contributed by atoms with E-state index in [0.29, 0.717) is 22.7 Å². The van der Waals surface area contributed by atoms with Crippen LogP contribution in [0.25, 0.3) is 0 Å². The first-order valence-corrected chi connectivity index (χ1v) is 7.94. The normalized spacial score (nSPS) is 17.5. The second kappa shape index (κ2) is 7.61. The van der Waals surface area contributed by atoms with E-state index in [-0.39, 0.29) is 23.8 Å². The molecule has 22 heavy (non-hydrogen) atoms. The summed E-state index contributed by atoms with van der Waals surface area (Å²) in [5.41, 5.74) is 0.973. The summed E-state index contributed by atoms with van der Waals surface area (Å²) in [7, 11) is 0. The number of benzene rings is 1. The molecule has 1 aliphatic heterocycles. The molecule has 0 spiro atoms. The van der Waals surface area contributed by atoms with Gasteiger partial charge >= 0.3 is 0 Å². The van der Waals surface area contributed by atoms with Gasteiger partial charge in [0.05, 0.1) is 10.6 Å². The van der Waals surface area contributed by atoms with E-state index >= 15 is 0 Å². The largest absolute Gasteiger partial charge is 0.348 e. The topological polar surface area (TPSA) is 70.2 Å². The molecule has 1 heterocycles. The third-order valence-corrected chi connectivity index (χ3v) is 3.81. The van der Waals surface area contributed by atoms with Crippen LogP contribution in [0.5, 0.6) is 0 Å². The van der Waals surface area contributed by atoms with Crippen molar-refractivity contribution in [1.82, 2.24) is 10.6 Å². The van der Waals surface area contributed by atoms with Crippen molar-refractivity contribution in [3.05, 3.63) is 28.8 Å². The van der Waals surface area contributed by atoms with Crippen LogP contribution in [0.3, 0.4) is 0 Å². The maximum absolute atomic E-state index is 12.3. The number of halogens is 1. The lowest BCUT2D eigenvalue weighted by Crippen LogP contribution is -2.36. The minimum absolute atomic E-state index is 0.0660. The highest BCUT2D eigenvalue weighted by atomic mass is 35.5.